The van der Waals surface area contributed by atoms with Crippen molar-refractivity contribution in [1.82, 2.24) is 10.6 Å². The molecule has 1 saturated heterocycles. The molecular formula is C24H26ClN3O5. The number of halogens is 1. The van der Waals surface area contributed by atoms with Gasteiger partial charge in [-0.05, 0) is 62.2 Å². The Kier molecular flexibility index (Phi) is 7.60. The molecule has 2 atom stereocenters. The number of hydrogen-bond acceptors (Lipinski definition) is 5. The van der Waals surface area contributed by atoms with Gasteiger partial charge in [0.1, 0.15) is 11.7 Å². The molecule has 0 bridgehead atoms. The van der Waals surface area contributed by atoms with Gasteiger partial charge in [0.15, 0.2) is 6.61 Å². The van der Waals surface area contributed by atoms with Crippen molar-refractivity contribution in [1.29, 1.82) is 0 Å². The van der Waals surface area contributed by atoms with Crippen LogP contribution in [0.15, 0.2) is 48.7 Å². The van der Waals surface area contributed by atoms with E-state index in [-0.39, 0.29) is 30.6 Å². The van der Waals surface area contributed by atoms with E-state index in [9.17, 15) is 14.4 Å². The second kappa shape index (κ2) is 10.4. The number of aryl methyl sites for hydroxylation is 2. The van der Waals surface area contributed by atoms with Crippen LogP contribution >= 0.6 is 11.6 Å². The van der Waals surface area contributed by atoms with Gasteiger partial charge in [0.2, 0.25) is 5.91 Å². The molecule has 0 spiro atoms. The molecule has 0 unspecified atom stereocenters. The zero-order chi connectivity index (χ0) is 24.1. The zero-order valence-corrected chi connectivity index (χ0v) is 19.4. The van der Waals surface area contributed by atoms with E-state index in [1.807, 2.05) is 26.0 Å². The Hall–Kier alpha value is -3.52. The first-order valence-corrected chi connectivity index (χ1v) is 10.8. The van der Waals surface area contributed by atoms with Gasteiger partial charge in [-0.3, -0.25) is 4.79 Å². The van der Waals surface area contributed by atoms with Gasteiger partial charge < -0.3 is 25.4 Å². The van der Waals surface area contributed by atoms with Crippen LogP contribution in [0.5, 0.6) is 5.75 Å². The smallest absolute Gasteiger partial charge is 0.344 e. The number of amides is 3. The number of nitrogens with one attached hydrogen (secondary N) is 3. The average Bonchev–Trinajstić information content (AvgIpc) is 2.75. The molecule has 9 heteroatoms. The third kappa shape index (κ3) is 5.84. The lowest BCUT2D eigenvalue weighted by atomic mass is 9.87. The van der Waals surface area contributed by atoms with E-state index in [1.165, 1.54) is 0 Å². The number of esters is 1. The number of urea groups is 1. The molecule has 1 fully saturated rings. The van der Waals surface area contributed by atoms with Crippen LogP contribution in [-0.4, -0.2) is 31.1 Å². The van der Waals surface area contributed by atoms with Crippen LogP contribution in [-0.2, 0) is 14.3 Å². The number of anilines is 1. The maximum absolute atomic E-state index is 13.3. The number of carbonyl (C=O) groups excluding carboxylic acids is 3. The molecule has 0 radical (unpaired) electrons. The molecule has 2 aromatic rings. The standard InChI is InChI=1S/C24H26ClN3O5/c1-5-32-20(29)12-33-19-9-7-16(25)11-18(19)22-21(15(4)26-24(31)28-22)23(30)27-17-8-6-13(2)14(3)10-17/h6-11,21-22H,4-5,12H2,1-3H3,(H,27,30)(H2,26,28,31)/t21-,22+/m0/s1. The summed E-state index contributed by atoms with van der Waals surface area (Å²) in [5, 5.41) is 8.58. The Morgan fingerprint density at radius 1 is 1.15 bits per heavy atom. The third-order valence-electron chi connectivity index (χ3n) is 5.28. The summed E-state index contributed by atoms with van der Waals surface area (Å²) in [6.45, 7) is 9.41. The Morgan fingerprint density at radius 3 is 2.61 bits per heavy atom. The minimum atomic E-state index is -0.882. The quantitative estimate of drug-likeness (QED) is 0.529. The van der Waals surface area contributed by atoms with Gasteiger partial charge >= 0.3 is 12.0 Å². The Balaban J connectivity index is 1.93. The summed E-state index contributed by atoms with van der Waals surface area (Å²) in [4.78, 5) is 37.3. The Labute approximate surface area is 197 Å². The lowest BCUT2D eigenvalue weighted by Gasteiger charge is -2.34. The van der Waals surface area contributed by atoms with Crippen LogP contribution in [0.4, 0.5) is 10.5 Å². The number of ether oxygens (including phenoxy) is 2. The Morgan fingerprint density at radius 2 is 1.91 bits per heavy atom. The van der Waals surface area contributed by atoms with Crippen molar-refractivity contribution in [3.8, 4) is 5.75 Å². The lowest BCUT2D eigenvalue weighted by molar-refractivity contribution is -0.145. The highest BCUT2D eigenvalue weighted by Crippen LogP contribution is 2.37. The highest BCUT2D eigenvalue weighted by atomic mass is 35.5. The van der Waals surface area contributed by atoms with Crippen LogP contribution in [0.25, 0.3) is 0 Å². The first kappa shape index (κ1) is 24.1. The molecule has 0 aromatic heterocycles. The molecule has 0 saturated carbocycles. The second-order valence-corrected chi connectivity index (χ2v) is 8.08. The first-order valence-electron chi connectivity index (χ1n) is 10.4. The summed E-state index contributed by atoms with van der Waals surface area (Å²) in [7, 11) is 0. The van der Waals surface area contributed by atoms with E-state index in [2.05, 4.69) is 22.5 Å². The molecule has 3 amide bonds. The largest absolute Gasteiger partial charge is 0.482 e. The summed E-state index contributed by atoms with van der Waals surface area (Å²) in [5.74, 6) is -1.51. The van der Waals surface area contributed by atoms with Gasteiger partial charge in [0, 0.05) is 22.0 Å². The number of rotatable bonds is 7. The summed E-state index contributed by atoms with van der Waals surface area (Å²) in [5.41, 5.74) is 3.41. The fourth-order valence-electron chi connectivity index (χ4n) is 3.52. The van der Waals surface area contributed by atoms with Crippen molar-refractivity contribution >= 4 is 35.2 Å². The van der Waals surface area contributed by atoms with Gasteiger partial charge in [-0.1, -0.05) is 24.2 Å². The highest BCUT2D eigenvalue weighted by molar-refractivity contribution is 6.30. The molecule has 174 valence electrons. The van der Waals surface area contributed by atoms with Crippen molar-refractivity contribution in [3.05, 3.63) is 70.4 Å². The number of carbonyl (C=O) groups is 3. The lowest BCUT2D eigenvalue weighted by Crippen LogP contribution is -2.52. The normalized spacial score (nSPS) is 17.6. The van der Waals surface area contributed by atoms with Crippen LogP contribution in [0, 0.1) is 19.8 Å². The highest BCUT2D eigenvalue weighted by Gasteiger charge is 2.39. The first-order chi connectivity index (χ1) is 15.7. The number of hydrogen-bond donors (Lipinski definition) is 3. The summed E-state index contributed by atoms with van der Waals surface area (Å²) in [6, 6.07) is 8.98. The van der Waals surface area contributed by atoms with E-state index in [0.29, 0.717) is 16.3 Å². The van der Waals surface area contributed by atoms with Crippen molar-refractivity contribution in [3.63, 3.8) is 0 Å². The van der Waals surface area contributed by atoms with Crippen molar-refractivity contribution < 1.29 is 23.9 Å². The monoisotopic (exact) mass is 471 g/mol. The Bertz CT molecular complexity index is 1100. The average molecular weight is 472 g/mol. The van der Waals surface area contributed by atoms with Crippen LogP contribution in [0.2, 0.25) is 5.02 Å². The molecule has 3 N–H and O–H groups in total. The third-order valence-corrected chi connectivity index (χ3v) is 5.52. The molecule has 33 heavy (non-hydrogen) atoms. The van der Waals surface area contributed by atoms with Crippen LogP contribution in [0.3, 0.4) is 0 Å². The van der Waals surface area contributed by atoms with Crippen molar-refractivity contribution in [2.24, 2.45) is 5.92 Å². The van der Waals surface area contributed by atoms with E-state index in [0.717, 1.165) is 11.1 Å². The zero-order valence-electron chi connectivity index (χ0n) is 18.7. The molecule has 0 aliphatic carbocycles. The van der Waals surface area contributed by atoms with Crippen LogP contribution in [0.1, 0.15) is 29.7 Å². The van der Waals surface area contributed by atoms with Crippen molar-refractivity contribution in [2.75, 3.05) is 18.5 Å². The van der Waals surface area contributed by atoms with E-state index in [4.69, 9.17) is 21.1 Å². The van der Waals surface area contributed by atoms with Gasteiger partial charge in [-0.2, -0.15) is 0 Å². The maximum Gasteiger partial charge on any atom is 0.344 e. The summed E-state index contributed by atoms with van der Waals surface area (Å²) >= 11 is 6.21. The summed E-state index contributed by atoms with van der Waals surface area (Å²) < 4.78 is 10.5. The van der Waals surface area contributed by atoms with E-state index < -0.39 is 24.0 Å². The van der Waals surface area contributed by atoms with Gasteiger partial charge in [0.25, 0.3) is 0 Å². The topological polar surface area (TPSA) is 106 Å². The molecule has 1 aliphatic rings. The second-order valence-electron chi connectivity index (χ2n) is 7.64. The molecule has 3 rings (SSSR count). The molecule has 2 aromatic carbocycles. The van der Waals surface area contributed by atoms with Gasteiger partial charge in [0.05, 0.1) is 12.6 Å². The maximum atomic E-state index is 13.3. The predicted octanol–water partition coefficient (Wildman–Crippen LogP) is 4.02. The predicted molar refractivity (Wildman–Crippen MR) is 125 cm³/mol. The van der Waals surface area contributed by atoms with E-state index in [1.54, 1.807) is 31.2 Å². The summed E-state index contributed by atoms with van der Waals surface area (Å²) in [6.07, 6.45) is 0. The fourth-order valence-corrected chi connectivity index (χ4v) is 3.71. The SMILES string of the molecule is C=C1NC(=O)N[C@H](c2cc(Cl)ccc2OCC(=O)OCC)[C@H]1C(=O)Nc1ccc(C)c(C)c1. The van der Waals surface area contributed by atoms with Gasteiger partial charge in [-0.25, -0.2) is 9.59 Å². The van der Waals surface area contributed by atoms with E-state index >= 15 is 0 Å². The number of benzene rings is 2. The van der Waals surface area contributed by atoms with Crippen molar-refractivity contribution in [2.45, 2.75) is 26.8 Å². The molecule has 1 heterocycles. The molecule has 1 aliphatic heterocycles. The fraction of sp³-hybridized carbons (Fsp3) is 0.292. The molecule has 8 nitrogen and oxygen atoms in total. The van der Waals surface area contributed by atoms with Gasteiger partial charge in [-0.15, -0.1) is 0 Å². The molecular weight excluding hydrogens is 446 g/mol. The minimum absolute atomic E-state index is 0.223. The minimum Gasteiger partial charge on any atom is -0.482 e. The van der Waals surface area contributed by atoms with Crippen LogP contribution < -0.4 is 20.7 Å².